The summed E-state index contributed by atoms with van der Waals surface area (Å²) in [4.78, 5) is 19.7. The smallest absolute Gasteiger partial charge is 0.258 e. The molecule has 1 atom stereocenters. The second-order valence-corrected chi connectivity index (χ2v) is 7.44. The normalized spacial score (nSPS) is 12.2. The molecule has 3 N–H and O–H groups in total. The van der Waals surface area contributed by atoms with Gasteiger partial charge in [0.25, 0.3) is 5.56 Å². The molecule has 2 aromatic heterocycles. The number of H-pyrrole nitrogens is 1. The molecule has 0 aliphatic carbocycles. The highest BCUT2D eigenvalue weighted by Crippen LogP contribution is 2.33. The minimum absolute atomic E-state index is 0.166. The first-order valence-electron chi connectivity index (χ1n) is 8.57. The largest absolute Gasteiger partial charge is 0.497 e. The highest BCUT2D eigenvalue weighted by molar-refractivity contribution is 7.99. The molecule has 2 aromatic carbocycles. The van der Waals surface area contributed by atoms with Crippen molar-refractivity contribution in [3.05, 3.63) is 64.7 Å². The number of para-hydroxylation sites is 1. The summed E-state index contributed by atoms with van der Waals surface area (Å²) in [7, 11) is 1.61. The number of benzene rings is 2. The molecule has 142 valence electrons. The van der Waals surface area contributed by atoms with E-state index in [2.05, 4.69) is 20.2 Å². The van der Waals surface area contributed by atoms with Gasteiger partial charge in [0.05, 0.1) is 23.3 Å². The summed E-state index contributed by atoms with van der Waals surface area (Å²) < 4.78 is 6.60. The van der Waals surface area contributed by atoms with Crippen LogP contribution in [0.4, 0.5) is 0 Å². The molecule has 0 bridgehead atoms. The Hall–Kier alpha value is -3.33. The zero-order chi connectivity index (χ0) is 19.7. The third kappa shape index (κ3) is 3.31. The summed E-state index contributed by atoms with van der Waals surface area (Å²) in [6.45, 7) is 1.93. The second kappa shape index (κ2) is 7.35. The van der Waals surface area contributed by atoms with E-state index in [1.165, 1.54) is 16.4 Å². The molecular formula is C19H18N6O2S. The van der Waals surface area contributed by atoms with E-state index in [0.29, 0.717) is 27.7 Å². The van der Waals surface area contributed by atoms with Crippen LogP contribution in [0.25, 0.3) is 22.3 Å². The summed E-state index contributed by atoms with van der Waals surface area (Å²) in [5.74, 6) is 8.05. The maximum Gasteiger partial charge on any atom is 0.258 e. The Morgan fingerprint density at radius 1 is 1.14 bits per heavy atom. The van der Waals surface area contributed by atoms with E-state index in [1.807, 2.05) is 49.4 Å². The molecule has 0 spiro atoms. The van der Waals surface area contributed by atoms with E-state index < -0.39 is 0 Å². The molecular weight excluding hydrogens is 376 g/mol. The van der Waals surface area contributed by atoms with Crippen molar-refractivity contribution in [2.75, 3.05) is 13.0 Å². The minimum Gasteiger partial charge on any atom is -0.497 e. The van der Waals surface area contributed by atoms with E-state index in [-0.39, 0.29) is 10.8 Å². The van der Waals surface area contributed by atoms with Gasteiger partial charge >= 0.3 is 0 Å². The van der Waals surface area contributed by atoms with Crippen LogP contribution in [0.3, 0.4) is 0 Å². The minimum atomic E-state index is -0.174. The second-order valence-electron chi connectivity index (χ2n) is 6.13. The van der Waals surface area contributed by atoms with Crippen LogP contribution in [0.15, 0.2) is 58.5 Å². The summed E-state index contributed by atoms with van der Waals surface area (Å²) in [5, 5.41) is 9.29. The van der Waals surface area contributed by atoms with Crippen molar-refractivity contribution in [3.63, 3.8) is 0 Å². The monoisotopic (exact) mass is 394 g/mol. The molecule has 2 heterocycles. The van der Waals surface area contributed by atoms with Crippen LogP contribution < -0.4 is 16.1 Å². The number of methoxy groups -OCH3 is 1. The molecule has 0 aliphatic heterocycles. The van der Waals surface area contributed by atoms with E-state index in [1.54, 1.807) is 13.2 Å². The lowest BCUT2D eigenvalue weighted by molar-refractivity contribution is 0.415. The fourth-order valence-electron chi connectivity index (χ4n) is 2.81. The highest BCUT2D eigenvalue weighted by atomic mass is 32.2. The molecule has 0 fully saturated rings. The van der Waals surface area contributed by atoms with Gasteiger partial charge in [0.15, 0.2) is 5.82 Å². The number of nitrogens with two attached hydrogens (primary N) is 1. The van der Waals surface area contributed by atoms with Gasteiger partial charge in [-0.05, 0) is 43.3 Å². The molecule has 4 rings (SSSR count). The van der Waals surface area contributed by atoms with Crippen molar-refractivity contribution < 1.29 is 4.74 Å². The first kappa shape index (κ1) is 18.1. The lowest BCUT2D eigenvalue weighted by atomic mass is 10.2. The van der Waals surface area contributed by atoms with Gasteiger partial charge < -0.3 is 15.6 Å². The van der Waals surface area contributed by atoms with Crippen molar-refractivity contribution >= 4 is 22.7 Å². The standard InChI is InChI=1S/C19H18N6O2S/c1-11(16-21-15-6-4-3-5-14(15)18(26)22-16)28-19-24-23-17(25(19)20)12-7-9-13(27-2)10-8-12/h3-11H,20H2,1-2H3,(H,21,22,26). The molecule has 28 heavy (non-hydrogen) atoms. The first-order chi connectivity index (χ1) is 13.6. The Morgan fingerprint density at radius 2 is 1.89 bits per heavy atom. The van der Waals surface area contributed by atoms with E-state index >= 15 is 0 Å². The average Bonchev–Trinajstić information content (AvgIpc) is 3.08. The number of nitrogen functional groups attached to an aromatic ring is 1. The molecule has 8 nitrogen and oxygen atoms in total. The number of nitrogens with zero attached hydrogens (tertiary/aromatic N) is 4. The summed E-state index contributed by atoms with van der Waals surface area (Å²) in [6.07, 6.45) is 0. The van der Waals surface area contributed by atoms with Crippen LogP contribution in [-0.4, -0.2) is 32.0 Å². The molecule has 0 saturated carbocycles. The summed E-state index contributed by atoms with van der Waals surface area (Å²) in [5.41, 5.74) is 1.32. The SMILES string of the molecule is COc1ccc(-c2nnc(SC(C)c3nc4ccccc4c(=O)[nH]3)n2N)cc1. The van der Waals surface area contributed by atoms with Gasteiger partial charge in [0.2, 0.25) is 5.16 Å². The van der Waals surface area contributed by atoms with Crippen molar-refractivity contribution in [2.24, 2.45) is 0 Å². The zero-order valence-corrected chi connectivity index (χ0v) is 16.1. The molecule has 0 radical (unpaired) electrons. The maximum absolute atomic E-state index is 12.3. The van der Waals surface area contributed by atoms with Gasteiger partial charge in [-0.2, -0.15) is 0 Å². The highest BCUT2D eigenvalue weighted by Gasteiger charge is 2.18. The molecule has 4 aromatic rings. The van der Waals surface area contributed by atoms with Crippen molar-refractivity contribution in [1.29, 1.82) is 0 Å². The quantitative estimate of drug-likeness (QED) is 0.395. The number of aromatic nitrogens is 5. The van der Waals surface area contributed by atoms with Crippen LogP contribution >= 0.6 is 11.8 Å². The van der Waals surface area contributed by atoms with E-state index in [4.69, 9.17) is 10.6 Å². The molecule has 0 amide bonds. The van der Waals surface area contributed by atoms with Gasteiger partial charge in [-0.15, -0.1) is 10.2 Å². The molecule has 1 unspecified atom stereocenters. The van der Waals surface area contributed by atoms with Gasteiger partial charge in [-0.1, -0.05) is 23.9 Å². The summed E-state index contributed by atoms with van der Waals surface area (Å²) >= 11 is 1.37. The Kier molecular flexibility index (Phi) is 4.74. The van der Waals surface area contributed by atoms with Gasteiger partial charge in [-0.25, -0.2) is 9.66 Å². The van der Waals surface area contributed by atoms with Gasteiger partial charge in [0, 0.05) is 5.56 Å². The van der Waals surface area contributed by atoms with Crippen LogP contribution in [0.5, 0.6) is 5.75 Å². The zero-order valence-electron chi connectivity index (χ0n) is 15.3. The number of nitrogens with one attached hydrogen (secondary N) is 1. The lowest BCUT2D eigenvalue weighted by Gasteiger charge is -2.11. The predicted octanol–water partition coefficient (Wildman–Crippen LogP) is 2.76. The Bertz CT molecular complexity index is 1190. The first-order valence-corrected chi connectivity index (χ1v) is 9.45. The van der Waals surface area contributed by atoms with E-state index in [9.17, 15) is 4.79 Å². The average molecular weight is 394 g/mol. The number of hydrogen-bond donors (Lipinski definition) is 2. The third-order valence-corrected chi connectivity index (χ3v) is 5.38. The van der Waals surface area contributed by atoms with Crippen molar-refractivity contribution in [1.82, 2.24) is 24.8 Å². The van der Waals surface area contributed by atoms with Crippen LogP contribution in [0.2, 0.25) is 0 Å². The van der Waals surface area contributed by atoms with Crippen molar-refractivity contribution in [2.45, 2.75) is 17.3 Å². The number of aromatic amines is 1. The molecule has 9 heteroatoms. The predicted molar refractivity (Wildman–Crippen MR) is 109 cm³/mol. The van der Waals surface area contributed by atoms with Crippen LogP contribution in [0.1, 0.15) is 18.0 Å². The Labute approximate surface area is 164 Å². The Balaban J connectivity index is 1.61. The third-order valence-electron chi connectivity index (χ3n) is 4.31. The molecule has 0 aliphatic rings. The van der Waals surface area contributed by atoms with E-state index in [0.717, 1.165) is 11.3 Å². The van der Waals surface area contributed by atoms with Crippen molar-refractivity contribution in [3.8, 4) is 17.1 Å². The van der Waals surface area contributed by atoms with Gasteiger partial charge in [0.1, 0.15) is 11.6 Å². The topological polar surface area (TPSA) is 112 Å². The number of thioether (sulfide) groups is 1. The fraction of sp³-hybridized carbons (Fsp3) is 0.158. The number of hydrogen-bond acceptors (Lipinski definition) is 7. The summed E-state index contributed by atoms with van der Waals surface area (Å²) in [6, 6.07) is 14.6. The lowest BCUT2D eigenvalue weighted by Crippen LogP contribution is -2.14. The Morgan fingerprint density at radius 3 is 2.64 bits per heavy atom. The number of fused-ring (bicyclic) bond motifs is 1. The van der Waals surface area contributed by atoms with Crippen LogP contribution in [0, 0.1) is 0 Å². The van der Waals surface area contributed by atoms with Gasteiger partial charge in [-0.3, -0.25) is 4.79 Å². The number of rotatable bonds is 5. The molecule has 0 saturated heterocycles. The fourth-order valence-corrected chi connectivity index (χ4v) is 3.63. The maximum atomic E-state index is 12.3. The van der Waals surface area contributed by atoms with Crippen LogP contribution in [-0.2, 0) is 0 Å². The number of ether oxygens (including phenoxy) is 1.